The third-order valence-corrected chi connectivity index (χ3v) is 12.0. The monoisotopic (exact) mass is 912 g/mol. The van der Waals surface area contributed by atoms with Gasteiger partial charge in [0.25, 0.3) is 0 Å². The van der Waals surface area contributed by atoms with Crippen LogP contribution in [-0.4, -0.2) is 34.9 Å². The van der Waals surface area contributed by atoms with E-state index in [9.17, 15) is 15.0 Å². The van der Waals surface area contributed by atoms with Crippen molar-refractivity contribution in [3.05, 3.63) is 122 Å². The van der Waals surface area contributed by atoms with Gasteiger partial charge in [0.2, 0.25) is 5.91 Å². The SMILES string of the molecule is CC/C=C\C/C=C\C/C=C\C/C=C\C/C=C\C/C=C\C/C=C\C/C=C\C/C=C\C/C=C\CCCCCCCCC(=O)NC(CO)C(O)CCCCCCCCCCCCCCCCCCC. The van der Waals surface area contributed by atoms with Crippen LogP contribution in [-0.2, 0) is 4.79 Å². The average molecular weight is 913 g/mol. The van der Waals surface area contributed by atoms with Crippen molar-refractivity contribution in [2.75, 3.05) is 6.61 Å². The summed E-state index contributed by atoms with van der Waals surface area (Å²) in [5.41, 5.74) is 0. The van der Waals surface area contributed by atoms with Gasteiger partial charge in [-0.2, -0.15) is 0 Å². The van der Waals surface area contributed by atoms with Gasteiger partial charge >= 0.3 is 0 Å². The highest BCUT2D eigenvalue weighted by molar-refractivity contribution is 5.76. The van der Waals surface area contributed by atoms with Gasteiger partial charge < -0.3 is 15.5 Å². The van der Waals surface area contributed by atoms with Crippen molar-refractivity contribution < 1.29 is 15.0 Å². The van der Waals surface area contributed by atoms with E-state index in [0.29, 0.717) is 12.8 Å². The minimum Gasteiger partial charge on any atom is -0.394 e. The van der Waals surface area contributed by atoms with Gasteiger partial charge in [0.15, 0.2) is 0 Å². The second-order valence-corrected chi connectivity index (χ2v) is 18.3. The van der Waals surface area contributed by atoms with Crippen molar-refractivity contribution in [2.24, 2.45) is 0 Å². The number of nitrogens with one attached hydrogen (secondary N) is 1. The van der Waals surface area contributed by atoms with E-state index in [4.69, 9.17) is 0 Å². The summed E-state index contributed by atoms with van der Waals surface area (Å²) in [5.74, 6) is -0.0497. The van der Waals surface area contributed by atoms with Crippen molar-refractivity contribution in [1.29, 1.82) is 0 Å². The van der Waals surface area contributed by atoms with Gasteiger partial charge in [0.05, 0.1) is 18.8 Å². The number of carbonyl (C=O) groups is 1. The van der Waals surface area contributed by atoms with Gasteiger partial charge in [-0.15, -0.1) is 0 Å². The minimum atomic E-state index is -0.674. The quantitative estimate of drug-likeness (QED) is 0.0421. The highest BCUT2D eigenvalue weighted by Crippen LogP contribution is 2.16. The third-order valence-electron chi connectivity index (χ3n) is 12.0. The van der Waals surface area contributed by atoms with Crippen molar-refractivity contribution >= 4 is 5.91 Å². The maximum Gasteiger partial charge on any atom is 0.220 e. The lowest BCUT2D eigenvalue weighted by Gasteiger charge is -2.22. The molecule has 66 heavy (non-hydrogen) atoms. The molecular formula is C62H105NO3. The molecule has 0 spiro atoms. The summed E-state index contributed by atoms with van der Waals surface area (Å²) >= 11 is 0. The molecule has 376 valence electrons. The Labute approximate surface area is 409 Å². The Balaban J connectivity index is 3.63. The van der Waals surface area contributed by atoms with Gasteiger partial charge in [0, 0.05) is 6.42 Å². The largest absolute Gasteiger partial charge is 0.394 e. The standard InChI is InChI=1S/C62H105NO3/c1-3-5-7-9-11-13-15-17-19-21-22-23-24-25-26-27-28-29-30-31-32-33-34-35-36-37-38-39-40-42-44-46-48-50-52-54-56-58-62(66)63-60(59-64)61(65)57-55-53-51-49-47-45-43-41-20-18-16-14-12-10-8-6-4-2/h5,7,11,13,17,19,22-23,25-26,28-29,31-32,34-35,37-38,40,42,60-61,64-65H,3-4,6,8-10,12,14-16,18,20-21,24,27,30,33,36,39,41,43-59H2,1-2H3,(H,63,66)/b7-5-,13-11-,19-17-,23-22-,26-25-,29-28-,32-31-,35-34-,38-37-,42-40-. The lowest BCUT2D eigenvalue weighted by atomic mass is 10.0. The number of unbranched alkanes of at least 4 members (excludes halogenated alkanes) is 22. The molecule has 0 aromatic rings. The van der Waals surface area contributed by atoms with E-state index in [1.165, 1.54) is 116 Å². The Morgan fingerprint density at radius 3 is 1.00 bits per heavy atom. The number of aliphatic hydroxyl groups excluding tert-OH is 2. The zero-order valence-electron chi connectivity index (χ0n) is 43.2. The topological polar surface area (TPSA) is 69.6 Å². The number of allylic oxidation sites excluding steroid dienone is 20. The molecule has 4 heteroatoms. The lowest BCUT2D eigenvalue weighted by Crippen LogP contribution is -2.45. The van der Waals surface area contributed by atoms with E-state index in [1.54, 1.807) is 0 Å². The Morgan fingerprint density at radius 1 is 0.379 bits per heavy atom. The van der Waals surface area contributed by atoms with Gasteiger partial charge in [-0.25, -0.2) is 0 Å². The second-order valence-electron chi connectivity index (χ2n) is 18.3. The Bertz CT molecular complexity index is 1310. The van der Waals surface area contributed by atoms with Crippen molar-refractivity contribution in [1.82, 2.24) is 5.32 Å². The Morgan fingerprint density at radius 2 is 0.667 bits per heavy atom. The molecule has 3 N–H and O–H groups in total. The van der Waals surface area contributed by atoms with Gasteiger partial charge in [-0.05, 0) is 89.9 Å². The Hall–Kier alpha value is -3.21. The third kappa shape index (κ3) is 51.8. The highest BCUT2D eigenvalue weighted by Gasteiger charge is 2.20. The minimum absolute atomic E-state index is 0.0497. The number of hydrogen-bond acceptors (Lipinski definition) is 3. The maximum atomic E-state index is 12.5. The molecule has 0 aromatic carbocycles. The fraction of sp³-hybridized carbons (Fsp3) is 0.661. The summed E-state index contributed by atoms with van der Waals surface area (Å²) in [7, 11) is 0. The van der Waals surface area contributed by atoms with Crippen LogP contribution in [0.5, 0.6) is 0 Å². The highest BCUT2D eigenvalue weighted by atomic mass is 16.3. The summed E-state index contributed by atoms with van der Waals surface area (Å²) < 4.78 is 0. The van der Waals surface area contributed by atoms with Crippen LogP contribution in [0.1, 0.15) is 245 Å². The number of rotatable bonds is 49. The Kier molecular flexibility index (Phi) is 53.4. The molecule has 0 radical (unpaired) electrons. The van der Waals surface area contributed by atoms with E-state index >= 15 is 0 Å². The summed E-state index contributed by atoms with van der Waals surface area (Å²) in [6.07, 6.45) is 85.9. The zero-order valence-corrected chi connectivity index (χ0v) is 43.2. The molecule has 0 fully saturated rings. The summed E-state index contributed by atoms with van der Waals surface area (Å²) in [6, 6.07) is -0.553. The maximum absolute atomic E-state index is 12.5. The zero-order chi connectivity index (χ0) is 47.7. The van der Waals surface area contributed by atoms with Crippen molar-refractivity contribution in [3.8, 4) is 0 Å². The summed E-state index contributed by atoms with van der Waals surface area (Å²) in [6.45, 7) is 4.24. The van der Waals surface area contributed by atoms with E-state index in [2.05, 4.69) is 141 Å². The van der Waals surface area contributed by atoms with Crippen LogP contribution in [0.3, 0.4) is 0 Å². The molecule has 4 nitrogen and oxygen atoms in total. The summed E-state index contributed by atoms with van der Waals surface area (Å²) in [4.78, 5) is 12.5. The molecule has 2 unspecified atom stereocenters. The number of carbonyl (C=O) groups excluding carboxylic acids is 1. The molecule has 0 aliphatic rings. The van der Waals surface area contributed by atoms with Gasteiger partial charge in [-0.1, -0.05) is 270 Å². The first-order chi connectivity index (χ1) is 32.7. The fourth-order valence-electron chi connectivity index (χ4n) is 7.80. The molecule has 0 rings (SSSR count). The first-order valence-electron chi connectivity index (χ1n) is 27.7. The lowest BCUT2D eigenvalue weighted by molar-refractivity contribution is -0.123. The van der Waals surface area contributed by atoms with Crippen LogP contribution < -0.4 is 5.32 Å². The fourth-order valence-corrected chi connectivity index (χ4v) is 7.80. The van der Waals surface area contributed by atoms with Crippen LogP contribution in [0.2, 0.25) is 0 Å². The number of amides is 1. The van der Waals surface area contributed by atoms with Crippen LogP contribution in [0.4, 0.5) is 0 Å². The number of aliphatic hydroxyl groups is 2. The van der Waals surface area contributed by atoms with E-state index < -0.39 is 12.1 Å². The van der Waals surface area contributed by atoms with Crippen LogP contribution in [0.15, 0.2) is 122 Å². The van der Waals surface area contributed by atoms with Crippen LogP contribution >= 0.6 is 0 Å². The first kappa shape index (κ1) is 62.8. The van der Waals surface area contributed by atoms with Crippen LogP contribution in [0, 0.1) is 0 Å². The molecule has 0 heterocycles. The molecule has 0 saturated heterocycles. The van der Waals surface area contributed by atoms with Crippen molar-refractivity contribution in [2.45, 2.75) is 257 Å². The first-order valence-corrected chi connectivity index (χ1v) is 27.7. The van der Waals surface area contributed by atoms with E-state index in [-0.39, 0.29) is 12.5 Å². The average Bonchev–Trinajstić information content (AvgIpc) is 3.32. The normalized spacial score (nSPS) is 13.8. The predicted octanol–water partition coefficient (Wildman–Crippen LogP) is 18.5. The molecule has 0 saturated carbocycles. The van der Waals surface area contributed by atoms with Crippen molar-refractivity contribution in [3.63, 3.8) is 0 Å². The smallest absolute Gasteiger partial charge is 0.220 e. The van der Waals surface area contributed by atoms with Gasteiger partial charge in [-0.3, -0.25) is 4.79 Å². The number of hydrogen-bond donors (Lipinski definition) is 3. The molecule has 0 aliphatic heterocycles. The molecule has 2 atom stereocenters. The summed E-state index contributed by atoms with van der Waals surface area (Å²) in [5, 5.41) is 23.3. The second kappa shape index (κ2) is 56.1. The van der Waals surface area contributed by atoms with Gasteiger partial charge in [0.1, 0.15) is 0 Å². The predicted molar refractivity (Wildman–Crippen MR) is 294 cm³/mol. The molecule has 0 bridgehead atoms. The molecule has 1 amide bonds. The van der Waals surface area contributed by atoms with E-state index in [0.717, 1.165) is 103 Å². The molecule has 0 aliphatic carbocycles. The molecule has 0 aromatic heterocycles. The molecular weight excluding hydrogens is 807 g/mol. The van der Waals surface area contributed by atoms with E-state index in [1.807, 2.05) is 0 Å². The van der Waals surface area contributed by atoms with Crippen LogP contribution in [0.25, 0.3) is 0 Å².